The summed E-state index contributed by atoms with van der Waals surface area (Å²) in [6.07, 6.45) is 5.55. The molecule has 6 rings (SSSR count). The van der Waals surface area contributed by atoms with E-state index in [4.69, 9.17) is 4.98 Å². The Balaban J connectivity index is 1.39. The third kappa shape index (κ3) is 4.08. The lowest BCUT2D eigenvalue weighted by Crippen LogP contribution is -2.44. The lowest BCUT2D eigenvalue weighted by molar-refractivity contribution is 0.313. The number of fused-ring (bicyclic) bond motifs is 2. The molecule has 1 saturated heterocycles. The summed E-state index contributed by atoms with van der Waals surface area (Å²) in [5, 5.41) is 12.3. The maximum Gasteiger partial charge on any atom is 0.139 e. The van der Waals surface area contributed by atoms with Gasteiger partial charge < -0.3 is 20.1 Å². The molecule has 35 heavy (non-hydrogen) atoms. The molecule has 0 spiro atoms. The third-order valence-corrected chi connectivity index (χ3v) is 6.51. The van der Waals surface area contributed by atoms with E-state index in [2.05, 4.69) is 79.4 Å². The Labute approximate surface area is 203 Å². The van der Waals surface area contributed by atoms with Gasteiger partial charge in [-0.3, -0.25) is 10.1 Å². The number of rotatable bonds is 5. The smallest absolute Gasteiger partial charge is 0.139 e. The van der Waals surface area contributed by atoms with Crippen molar-refractivity contribution in [1.29, 1.82) is 0 Å². The van der Waals surface area contributed by atoms with E-state index >= 15 is 0 Å². The van der Waals surface area contributed by atoms with Crippen LogP contribution in [0.25, 0.3) is 44.7 Å². The largest absolute Gasteiger partial charge is 0.382 e. The summed E-state index contributed by atoms with van der Waals surface area (Å²) < 4.78 is 0. The fourth-order valence-electron chi connectivity index (χ4n) is 4.70. The average Bonchev–Trinajstić information content (AvgIpc) is 3.48. The molecule has 0 unspecified atom stereocenters. The summed E-state index contributed by atoms with van der Waals surface area (Å²) >= 11 is 0. The number of pyridine rings is 3. The Kier molecular flexibility index (Phi) is 5.33. The lowest BCUT2D eigenvalue weighted by Gasteiger charge is -2.34. The van der Waals surface area contributed by atoms with Crippen LogP contribution in [0, 0.1) is 0 Å². The normalized spacial score (nSPS) is 14.9. The van der Waals surface area contributed by atoms with Crippen LogP contribution in [0.2, 0.25) is 0 Å². The molecule has 3 N–H and O–H groups in total. The SMILES string of the molecule is CC(C)Nc1cncc(-c2ccc3[nH]nc(-c4cc5c(N6CCN(C)CC6)ccnc5[nH]4)c3n2)c1. The molecule has 6 heterocycles. The van der Waals surface area contributed by atoms with Gasteiger partial charge in [0.05, 0.1) is 22.6 Å². The molecule has 0 aromatic carbocycles. The third-order valence-electron chi connectivity index (χ3n) is 6.51. The first-order valence-electron chi connectivity index (χ1n) is 12.0. The second-order valence-corrected chi connectivity index (χ2v) is 9.49. The Morgan fingerprint density at radius 3 is 2.71 bits per heavy atom. The van der Waals surface area contributed by atoms with Gasteiger partial charge >= 0.3 is 0 Å². The van der Waals surface area contributed by atoms with Crippen molar-refractivity contribution in [3.05, 3.63) is 48.9 Å². The Bertz CT molecular complexity index is 1490. The van der Waals surface area contributed by atoms with Crippen molar-refractivity contribution in [2.45, 2.75) is 19.9 Å². The van der Waals surface area contributed by atoms with Gasteiger partial charge in [0.15, 0.2) is 0 Å². The van der Waals surface area contributed by atoms with Gasteiger partial charge in [-0.05, 0) is 51.2 Å². The van der Waals surface area contributed by atoms with Crippen molar-refractivity contribution < 1.29 is 0 Å². The van der Waals surface area contributed by atoms with Crippen LogP contribution in [0.4, 0.5) is 11.4 Å². The molecular weight excluding hydrogens is 438 g/mol. The maximum atomic E-state index is 4.97. The molecule has 0 bridgehead atoms. The highest BCUT2D eigenvalue weighted by Gasteiger charge is 2.20. The molecule has 1 fully saturated rings. The second-order valence-electron chi connectivity index (χ2n) is 9.49. The van der Waals surface area contributed by atoms with E-state index in [0.29, 0.717) is 6.04 Å². The van der Waals surface area contributed by atoms with Crippen LogP contribution in [0.15, 0.2) is 48.9 Å². The Morgan fingerprint density at radius 1 is 1.03 bits per heavy atom. The molecule has 9 heteroatoms. The molecule has 1 aliphatic rings. The zero-order valence-corrected chi connectivity index (χ0v) is 20.2. The van der Waals surface area contributed by atoms with Crippen molar-refractivity contribution in [3.63, 3.8) is 0 Å². The Hall–Kier alpha value is -3.98. The van der Waals surface area contributed by atoms with Crippen LogP contribution in [0.1, 0.15) is 13.8 Å². The van der Waals surface area contributed by atoms with Crippen LogP contribution in [0.3, 0.4) is 0 Å². The van der Waals surface area contributed by atoms with Crippen molar-refractivity contribution in [3.8, 4) is 22.6 Å². The van der Waals surface area contributed by atoms with Crippen LogP contribution in [0.5, 0.6) is 0 Å². The fraction of sp³-hybridized carbons (Fsp3) is 0.308. The van der Waals surface area contributed by atoms with Crippen LogP contribution < -0.4 is 10.2 Å². The summed E-state index contributed by atoms with van der Waals surface area (Å²) in [4.78, 5) is 22.2. The second kappa shape index (κ2) is 8.66. The first-order valence-corrected chi connectivity index (χ1v) is 12.0. The number of piperazine rings is 1. The van der Waals surface area contributed by atoms with Gasteiger partial charge in [0.25, 0.3) is 0 Å². The zero-order chi connectivity index (χ0) is 23.9. The van der Waals surface area contributed by atoms with E-state index < -0.39 is 0 Å². The van der Waals surface area contributed by atoms with Gasteiger partial charge in [-0.2, -0.15) is 5.10 Å². The zero-order valence-electron chi connectivity index (χ0n) is 20.2. The molecule has 0 amide bonds. The van der Waals surface area contributed by atoms with Crippen molar-refractivity contribution in [2.24, 2.45) is 0 Å². The highest BCUT2D eigenvalue weighted by Crippen LogP contribution is 2.33. The first-order chi connectivity index (χ1) is 17.0. The van der Waals surface area contributed by atoms with E-state index in [1.54, 1.807) is 0 Å². The molecule has 0 atom stereocenters. The predicted octanol–water partition coefficient (Wildman–Crippen LogP) is 4.14. The molecule has 1 aliphatic heterocycles. The number of hydrogen-bond acceptors (Lipinski definition) is 7. The topological polar surface area (TPSA) is 102 Å². The van der Waals surface area contributed by atoms with Gasteiger partial charge in [-0.15, -0.1) is 0 Å². The van der Waals surface area contributed by atoms with Gasteiger partial charge in [0.1, 0.15) is 16.9 Å². The summed E-state index contributed by atoms with van der Waals surface area (Å²) in [5.41, 5.74) is 8.25. The lowest BCUT2D eigenvalue weighted by atomic mass is 10.1. The number of anilines is 2. The summed E-state index contributed by atoms with van der Waals surface area (Å²) in [7, 11) is 2.17. The number of H-pyrrole nitrogens is 2. The number of aromatic amines is 2. The molecule has 178 valence electrons. The molecule has 5 aromatic rings. The van der Waals surface area contributed by atoms with Crippen LogP contribution >= 0.6 is 0 Å². The minimum absolute atomic E-state index is 0.328. The predicted molar refractivity (Wildman–Crippen MR) is 141 cm³/mol. The van der Waals surface area contributed by atoms with Gasteiger partial charge in [-0.25, -0.2) is 9.97 Å². The van der Waals surface area contributed by atoms with Crippen molar-refractivity contribution >= 4 is 33.4 Å². The number of nitrogens with zero attached hydrogens (tertiary/aromatic N) is 6. The minimum atomic E-state index is 0.328. The van der Waals surface area contributed by atoms with Crippen LogP contribution in [-0.4, -0.2) is 74.3 Å². The summed E-state index contributed by atoms with van der Waals surface area (Å²) in [5.74, 6) is 0. The maximum absolute atomic E-state index is 4.97. The molecule has 5 aromatic heterocycles. The number of likely N-dealkylation sites (N-methyl/N-ethyl adjacent to an activating group) is 1. The summed E-state index contributed by atoms with van der Waals surface area (Å²) in [6.45, 7) is 8.34. The standard InChI is InChI=1S/C26H29N9/c1-16(2)29-18-12-17(14-27-15-18)20-4-5-21-24(30-20)25(33-32-21)22-13-19-23(6-7-28-26(19)31-22)35-10-8-34(3)9-11-35/h4-7,12-16,29H,8-11H2,1-3H3,(H,28,31)(H,32,33). The molecule has 0 aliphatic carbocycles. The van der Waals surface area contributed by atoms with Gasteiger partial charge in [0, 0.05) is 67.4 Å². The van der Waals surface area contributed by atoms with E-state index in [1.165, 1.54) is 5.69 Å². The monoisotopic (exact) mass is 467 g/mol. The highest BCUT2D eigenvalue weighted by atomic mass is 15.2. The van der Waals surface area contributed by atoms with Gasteiger partial charge in [-0.1, -0.05) is 0 Å². The molecule has 0 radical (unpaired) electrons. The number of aromatic nitrogens is 6. The quantitative estimate of drug-likeness (QED) is 0.357. The fourth-order valence-corrected chi connectivity index (χ4v) is 4.70. The minimum Gasteiger partial charge on any atom is -0.382 e. The average molecular weight is 468 g/mol. The van der Waals surface area contributed by atoms with Gasteiger partial charge in [0.2, 0.25) is 0 Å². The number of nitrogens with one attached hydrogen (secondary N) is 3. The van der Waals surface area contributed by atoms with Crippen LogP contribution in [-0.2, 0) is 0 Å². The molecular formula is C26H29N9. The van der Waals surface area contributed by atoms with E-state index in [-0.39, 0.29) is 0 Å². The first kappa shape index (κ1) is 21.5. The number of hydrogen-bond donors (Lipinski definition) is 3. The van der Waals surface area contributed by atoms with Crippen molar-refractivity contribution in [1.82, 2.24) is 35.0 Å². The van der Waals surface area contributed by atoms with E-state index in [1.807, 2.05) is 30.7 Å². The summed E-state index contributed by atoms with van der Waals surface area (Å²) in [6, 6.07) is 10.7. The van der Waals surface area contributed by atoms with E-state index in [0.717, 1.165) is 76.6 Å². The van der Waals surface area contributed by atoms with Crippen molar-refractivity contribution in [2.75, 3.05) is 43.4 Å². The molecule has 9 nitrogen and oxygen atoms in total. The van der Waals surface area contributed by atoms with E-state index in [9.17, 15) is 0 Å². The molecule has 0 saturated carbocycles. The Morgan fingerprint density at radius 2 is 1.89 bits per heavy atom. The highest BCUT2D eigenvalue weighted by molar-refractivity contribution is 5.97.